The van der Waals surface area contributed by atoms with Crippen LogP contribution in [0.4, 0.5) is 0 Å². The smallest absolute Gasteiger partial charge is 0.309 e. The first kappa shape index (κ1) is 9.98. The fourth-order valence-electron chi connectivity index (χ4n) is 1.48. The van der Waals surface area contributed by atoms with Crippen molar-refractivity contribution in [2.24, 2.45) is 0 Å². The molecule has 0 radical (unpaired) electrons. The second-order valence-corrected chi connectivity index (χ2v) is 3.81. The maximum absolute atomic E-state index is 10.5. The van der Waals surface area contributed by atoms with Crippen LogP contribution in [0, 0.1) is 6.92 Å². The van der Waals surface area contributed by atoms with E-state index in [1.807, 2.05) is 13.1 Å². The highest BCUT2D eigenvalue weighted by Gasteiger charge is 2.08. The average molecular weight is 225 g/mol. The fraction of sp³-hybridized carbons (Fsp3) is 0.200. The maximum atomic E-state index is 10.5. The first-order valence-corrected chi connectivity index (χ1v) is 4.79. The van der Waals surface area contributed by atoms with Gasteiger partial charge in [-0.15, -0.1) is 0 Å². The molecule has 0 amide bonds. The Morgan fingerprint density at radius 1 is 1.60 bits per heavy atom. The van der Waals surface area contributed by atoms with Crippen LogP contribution in [0.1, 0.15) is 11.3 Å². The van der Waals surface area contributed by atoms with Crippen molar-refractivity contribution in [3.8, 4) is 0 Å². The molecule has 0 bridgehead atoms. The zero-order valence-corrected chi connectivity index (χ0v) is 8.82. The zero-order valence-electron chi connectivity index (χ0n) is 8.07. The summed E-state index contributed by atoms with van der Waals surface area (Å²) in [6.45, 7) is 1.92. The van der Waals surface area contributed by atoms with Gasteiger partial charge in [0.15, 0.2) is 5.65 Å². The molecular weight excluding hydrogens is 216 g/mol. The molecule has 15 heavy (non-hydrogen) atoms. The standard InChI is InChI=1S/C10H9ClN2O2/c1-6-2-8(11)10-12-7(3-9(14)15)5-13(10)4-6/h2,4-5H,3H2,1H3,(H,14,15). The molecule has 2 rings (SSSR count). The zero-order chi connectivity index (χ0) is 11.0. The Labute approximate surface area is 91.1 Å². The lowest BCUT2D eigenvalue weighted by molar-refractivity contribution is -0.136. The van der Waals surface area contributed by atoms with Crippen LogP contribution < -0.4 is 0 Å². The van der Waals surface area contributed by atoms with Crippen LogP contribution in [0.2, 0.25) is 5.02 Å². The number of carboxylic acid groups (broad SMARTS) is 1. The molecule has 0 atom stereocenters. The second-order valence-electron chi connectivity index (χ2n) is 3.40. The van der Waals surface area contributed by atoms with E-state index in [0.29, 0.717) is 16.4 Å². The molecular formula is C10H9ClN2O2. The van der Waals surface area contributed by atoms with Crippen LogP contribution in [-0.4, -0.2) is 20.5 Å². The van der Waals surface area contributed by atoms with Crippen molar-refractivity contribution in [3.05, 3.63) is 34.7 Å². The van der Waals surface area contributed by atoms with E-state index in [0.717, 1.165) is 5.56 Å². The number of nitrogens with zero attached hydrogens (tertiary/aromatic N) is 2. The van der Waals surface area contributed by atoms with Crippen molar-refractivity contribution in [1.82, 2.24) is 9.38 Å². The Morgan fingerprint density at radius 2 is 2.33 bits per heavy atom. The molecule has 0 aliphatic rings. The highest BCUT2D eigenvalue weighted by molar-refractivity contribution is 6.33. The number of aryl methyl sites for hydroxylation is 1. The lowest BCUT2D eigenvalue weighted by atomic mass is 10.3. The van der Waals surface area contributed by atoms with Gasteiger partial charge in [-0.25, -0.2) is 4.98 Å². The number of hydrogen-bond acceptors (Lipinski definition) is 2. The van der Waals surface area contributed by atoms with E-state index in [1.54, 1.807) is 16.7 Å². The van der Waals surface area contributed by atoms with Crippen LogP contribution in [0.3, 0.4) is 0 Å². The monoisotopic (exact) mass is 224 g/mol. The van der Waals surface area contributed by atoms with Crippen LogP contribution in [0.5, 0.6) is 0 Å². The quantitative estimate of drug-likeness (QED) is 0.848. The third-order valence-electron chi connectivity index (χ3n) is 2.03. The molecule has 0 saturated heterocycles. The number of halogens is 1. The molecule has 0 saturated carbocycles. The molecule has 4 nitrogen and oxygen atoms in total. The van der Waals surface area contributed by atoms with Gasteiger partial charge in [0.1, 0.15) is 0 Å². The molecule has 2 heterocycles. The predicted molar refractivity (Wildman–Crippen MR) is 56.3 cm³/mol. The normalized spacial score (nSPS) is 10.8. The molecule has 0 aliphatic heterocycles. The lowest BCUT2D eigenvalue weighted by Crippen LogP contribution is -1.99. The van der Waals surface area contributed by atoms with Gasteiger partial charge in [-0.3, -0.25) is 4.79 Å². The minimum atomic E-state index is -0.897. The average Bonchev–Trinajstić information content (AvgIpc) is 2.45. The van der Waals surface area contributed by atoms with E-state index in [2.05, 4.69) is 4.98 Å². The maximum Gasteiger partial charge on any atom is 0.309 e. The first-order chi connectivity index (χ1) is 7.06. The van der Waals surface area contributed by atoms with Crippen molar-refractivity contribution in [2.45, 2.75) is 13.3 Å². The summed E-state index contributed by atoms with van der Waals surface area (Å²) in [5.74, 6) is -0.897. The molecule has 0 aliphatic carbocycles. The summed E-state index contributed by atoms with van der Waals surface area (Å²) >= 11 is 5.98. The number of aliphatic carboxylic acids is 1. The van der Waals surface area contributed by atoms with Gasteiger partial charge < -0.3 is 9.51 Å². The van der Waals surface area contributed by atoms with Gasteiger partial charge in [0.25, 0.3) is 0 Å². The van der Waals surface area contributed by atoms with Crippen molar-refractivity contribution >= 4 is 23.2 Å². The summed E-state index contributed by atoms with van der Waals surface area (Å²) in [6, 6.07) is 1.80. The van der Waals surface area contributed by atoms with E-state index in [9.17, 15) is 4.79 Å². The molecule has 0 aromatic carbocycles. The number of pyridine rings is 1. The van der Waals surface area contributed by atoms with Crippen molar-refractivity contribution in [3.63, 3.8) is 0 Å². The Kier molecular flexibility index (Phi) is 2.36. The molecule has 0 fully saturated rings. The van der Waals surface area contributed by atoms with E-state index >= 15 is 0 Å². The largest absolute Gasteiger partial charge is 0.481 e. The summed E-state index contributed by atoms with van der Waals surface area (Å²) in [5, 5.41) is 9.17. The number of aromatic nitrogens is 2. The van der Waals surface area contributed by atoms with Gasteiger partial charge in [-0.05, 0) is 18.6 Å². The summed E-state index contributed by atoms with van der Waals surface area (Å²) in [4.78, 5) is 14.7. The van der Waals surface area contributed by atoms with Gasteiger partial charge >= 0.3 is 5.97 Å². The predicted octanol–water partition coefficient (Wildman–Crippen LogP) is 1.92. The minimum Gasteiger partial charge on any atom is -0.481 e. The van der Waals surface area contributed by atoms with Gasteiger partial charge in [0.05, 0.1) is 17.1 Å². The molecule has 5 heteroatoms. The van der Waals surface area contributed by atoms with Crippen molar-refractivity contribution in [1.29, 1.82) is 0 Å². The van der Waals surface area contributed by atoms with Crippen LogP contribution in [0.15, 0.2) is 18.5 Å². The molecule has 2 aromatic heterocycles. The topological polar surface area (TPSA) is 54.6 Å². The van der Waals surface area contributed by atoms with Gasteiger partial charge in [-0.2, -0.15) is 0 Å². The van der Waals surface area contributed by atoms with Gasteiger partial charge in [0.2, 0.25) is 0 Å². The molecule has 78 valence electrons. The summed E-state index contributed by atoms with van der Waals surface area (Å²) in [7, 11) is 0. The van der Waals surface area contributed by atoms with Crippen molar-refractivity contribution in [2.75, 3.05) is 0 Å². The number of carbonyl (C=O) groups is 1. The molecule has 0 spiro atoms. The molecule has 2 aromatic rings. The summed E-state index contributed by atoms with van der Waals surface area (Å²) in [6.07, 6.45) is 3.46. The third-order valence-corrected chi connectivity index (χ3v) is 2.30. The van der Waals surface area contributed by atoms with Gasteiger partial charge in [0, 0.05) is 12.4 Å². The van der Waals surface area contributed by atoms with E-state index < -0.39 is 5.97 Å². The number of fused-ring (bicyclic) bond motifs is 1. The summed E-state index contributed by atoms with van der Waals surface area (Å²) < 4.78 is 1.75. The van der Waals surface area contributed by atoms with Gasteiger partial charge in [-0.1, -0.05) is 11.6 Å². The van der Waals surface area contributed by atoms with E-state index in [-0.39, 0.29) is 6.42 Å². The number of imidazole rings is 1. The third kappa shape index (κ3) is 1.94. The van der Waals surface area contributed by atoms with Crippen LogP contribution >= 0.6 is 11.6 Å². The Balaban J connectivity index is 2.55. The molecule has 1 N–H and O–H groups in total. The summed E-state index contributed by atoms with van der Waals surface area (Å²) in [5.41, 5.74) is 2.11. The van der Waals surface area contributed by atoms with Crippen molar-refractivity contribution < 1.29 is 9.90 Å². The first-order valence-electron chi connectivity index (χ1n) is 4.42. The number of hydrogen-bond donors (Lipinski definition) is 1. The lowest BCUT2D eigenvalue weighted by Gasteiger charge is -1.97. The fourth-order valence-corrected chi connectivity index (χ4v) is 1.79. The Hall–Kier alpha value is -1.55. The Morgan fingerprint density at radius 3 is 3.00 bits per heavy atom. The molecule has 0 unspecified atom stereocenters. The Bertz CT molecular complexity index is 533. The van der Waals surface area contributed by atoms with E-state index in [1.165, 1.54) is 0 Å². The minimum absolute atomic E-state index is 0.0863. The number of rotatable bonds is 2. The highest BCUT2D eigenvalue weighted by atomic mass is 35.5. The SMILES string of the molecule is Cc1cc(Cl)c2nc(CC(=O)O)cn2c1. The van der Waals surface area contributed by atoms with Crippen LogP contribution in [0.25, 0.3) is 5.65 Å². The number of carboxylic acids is 1. The van der Waals surface area contributed by atoms with Crippen LogP contribution in [-0.2, 0) is 11.2 Å². The highest BCUT2D eigenvalue weighted by Crippen LogP contribution is 2.18. The second kappa shape index (κ2) is 3.55. The van der Waals surface area contributed by atoms with E-state index in [4.69, 9.17) is 16.7 Å².